The van der Waals surface area contributed by atoms with Crippen LogP contribution in [0.5, 0.6) is 0 Å². The number of rotatable bonds is 4. The summed E-state index contributed by atoms with van der Waals surface area (Å²) in [7, 11) is 1.45. The fourth-order valence-corrected chi connectivity index (χ4v) is 4.28. The number of hydrogen-bond acceptors (Lipinski definition) is 4. The zero-order valence-electron chi connectivity index (χ0n) is 10.7. The normalized spacial score (nSPS) is 19.4. The predicted octanol–water partition coefficient (Wildman–Crippen LogP) is 3.22. The van der Waals surface area contributed by atoms with Crippen LogP contribution < -0.4 is 0 Å². The molecule has 18 heavy (non-hydrogen) atoms. The zero-order chi connectivity index (χ0) is 13.3. The van der Waals surface area contributed by atoms with Crippen molar-refractivity contribution in [3.63, 3.8) is 0 Å². The Morgan fingerprint density at radius 3 is 2.56 bits per heavy atom. The van der Waals surface area contributed by atoms with Crippen molar-refractivity contribution in [1.82, 2.24) is 0 Å². The molecule has 0 radical (unpaired) electrons. The van der Waals surface area contributed by atoms with Crippen molar-refractivity contribution in [2.75, 3.05) is 20.3 Å². The van der Waals surface area contributed by atoms with Gasteiger partial charge in [-0.1, -0.05) is 13.8 Å². The maximum Gasteiger partial charge on any atom is 0.310 e. The second-order valence-electron chi connectivity index (χ2n) is 5.02. The largest absolute Gasteiger partial charge is 0.469 e. The zero-order valence-corrected chi connectivity index (χ0v) is 13.1. The molecule has 1 atom stereocenters. The Labute approximate surface area is 120 Å². The van der Waals surface area contributed by atoms with Crippen LogP contribution in [-0.2, 0) is 19.7 Å². The summed E-state index contributed by atoms with van der Waals surface area (Å²) in [5.74, 6) is -0.0677. The molecule has 0 spiro atoms. The van der Waals surface area contributed by atoms with Crippen LogP contribution in [0.15, 0.2) is 15.9 Å². The fourth-order valence-electron chi connectivity index (χ4n) is 2.63. The summed E-state index contributed by atoms with van der Waals surface area (Å²) in [6.45, 7) is 5.31. The summed E-state index contributed by atoms with van der Waals surface area (Å²) in [4.78, 5) is 13.3. The lowest BCUT2D eigenvalue weighted by atomic mass is 9.67. The van der Waals surface area contributed by atoms with E-state index in [4.69, 9.17) is 9.47 Å². The van der Waals surface area contributed by atoms with Crippen molar-refractivity contribution >= 4 is 33.2 Å². The molecule has 1 aromatic rings. The van der Waals surface area contributed by atoms with Gasteiger partial charge < -0.3 is 9.47 Å². The van der Waals surface area contributed by atoms with Gasteiger partial charge in [0, 0.05) is 14.7 Å². The Morgan fingerprint density at radius 1 is 1.56 bits per heavy atom. The third-order valence-corrected chi connectivity index (χ3v) is 5.41. The summed E-state index contributed by atoms with van der Waals surface area (Å²) >= 11 is 5.14. The Morgan fingerprint density at radius 2 is 2.22 bits per heavy atom. The number of methoxy groups -OCH3 is 1. The maximum absolute atomic E-state index is 12.1. The third-order valence-electron chi connectivity index (χ3n) is 3.49. The summed E-state index contributed by atoms with van der Waals surface area (Å²) in [6, 6.07) is 2.09. The van der Waals surface area contributed by atoms with Crippen LogP contribution in [0.4, 0.5) is 0 Å². The van der Waals surface area contributed by atoms with Gasteiger partial charge in [0.05, 0.1) is 31.7 Å². The molecule has 3 nitrogen and oxygen atoms in total. The van der Waals surface area contributed by atoms with Crippen molar-refractivity contribution in [3.8, 4) is 0 Å². The molecule has 1 aliphatic heterocycles. The van der Waals surface area contributed by atoms with Gasteiger partial charge in [-0.25, -0.2) is 0 Å². The molecular weight excluding hydrogens is 316 g/mol. The smallest absolute Gasteiger partial charge is 0.310 e. The van der Waals surface area contributed by atoms with Gasteiger partial charge in [-0.15, -0.1) is 11.3 Å². The van der Waals surface area contributed by atoms with Gasteiger partial charge in [0.25, 0.3) is 0 Å². The first-order valence-electron chi connectivity index (χ1n) is 5.91. The molecule has 2 heterocycles. The van der Waals surface area contributed by atoms with Crippen LogP contribution in [0, 0.1) is 11.8 Å². The number of esters is 1. The van der Waals surface area contributed by atoms with E-state index in [0.29, 0.717) is 13.2 Å². The number of thiophene rings is 1. The molecule has 0 bridgehead atoms. The standard InChI is InChI=1S/C13H17BrO3S/c1-8(2)11(12(15)16-3)13(6-17-7-13)10-4-9(14)5-18-10/h4-5,8,11H,6-7H2,1-3H3. The van der Waals surface area contributed by atoms with Crippen molar-refractivity contribution in [2.45, 2.75) is 19.3 Å². The van der Waals surface area contributed by atoms with Crippen LogP contribution in [0.1, 0.15) is 18.7 Å². The monoisotopic (exact) mass is 332 g/mol. The van der Waals surface area contributed by atoms with E-state index in [1.807, 2.05) is 5.38 Å². The molecule has 1 aromatic heterocycles. The van der Waals surface area contributed by atoms with E-state index in [0.717, 1.165) is 4.47 Å². The van der Waals surface area contributed by atoms with Crippen LogP contribution in [0.3, 0.4) is 0 Å². The SMILES string of the molecule is COC(=O)C(C(C)C)C1(c2cc(Br)cs2)COC1. The number of halogens is 1. The summed E-state index contributed by atoms with van der Waals surface area (Å²) in [5, 5.41) is 2.05. The van der Waals surface area contributed by atoms with E-state index < -0.39 is 0 Å². The minimum absolute atomic E-state index is 0.141. The molecular formula is C13H17BrO3S. The molecule has 5 heteroatoms. The van der Waals surface area contributed by atoms with Gasteiger partial charge in [-0.05, 0) is 27.9 Å². The first kappa shape index (κ1) is 14.0. The van der Waals surface area contributed by atoms with E-state index in [9.17, 15) is 4.79 Å². The van der Waals surface area contributed by atoms with Gasteiger partial charge >= 0.3 is 5.97 Å². The van der Waals surface area contributed by atoms with Crippen molar-refractivity contribution in [3.05, 3.63) is 20.8 Å². The molecule has 1 unspecified atom stereocenters. The Balaban J connectivity index is 2.38. The summed E-state index contributed by atoms with van der Waals surface area (Å²) in [6.07, 6.45) is 0. The molecule has 100 valence electrons. The predicted molar refractivity (Wildman–Crippen MR) is 74.9 cm³/mol. The molecule has 0 amide bonds. The molecule has 0 saturated carbocycles. The average Bonchev–Trinajstić information content (AvgIpc) is 2.68. The Bertz CT molecular complexity index is 437. The topological polar surface area (TPSA) is 35.5 Å². The minimum Gasteiger partial charge on any atom is -0.469 e. The lowest BCUT2D eigenvalue weighted by Crippen LogP contribution is -2.56. The molecule has 0 aliphatic carbocycles. The fraction of sp³-hybridized carbons (Fsp3) is 0.615. The minimum atomic E-state index is -0.210. The van der Waals surface area contributed by atoms with Gasteiger partial charge in [0.1, 0.15) is 0 Å². The lowest BCUT2D eigenvalue weighted by molar-refractivity contribution is -0.164. The second-order valence-corrected chi connectivity index (χ2v) is 6.85. The average molecular weight is 333 g/mol. The van der Waals surface area contributed by atoms with E-state index in [-0.39, 0.29) is 23.2 Å². The Kier molecular flexibility index (Phi) is 4.14. The summed E-state index contributed by atoms with van der Waals surface area (Å²) < 4.78 is 11.5. The maximum atomic E-state index is 12.1. The molecule has 1 fully saturated rings. The first-order chi connectivity index (χ1) is 8.51. The van der Waals surface area contributed by atoms with E-state index in [1.165, 1.54) is 12.0 Å². The highest BCUT2D eigenvalue weighted by atomic mass is 79.9. The van der Waals surface area contributed by atoms with E-state index >= 15 is 0 Å². The lowest BCUT2D eigenvalue weighted by Gasteiger charge is -2.46. The molecule has 0 aromatic carbocycles. The highest BCUT2D eigenvalue weighted by Gasteiger charge is 2.52. The van der Waals surface area contributed by atoms with Crippen LogP contribution in [0.25, 0.3) is 0 Å². The highest BCUT2D eigenvalue weighted by Crippen LogP contribution is 2.46. The van der Waals surface area contributed by atoms with E-state index in [2.05, 4.69) is 35.8 Å². The summed E-state index contributed by atoms with van der Waals surface area (Å²) in [5.41, 5.74) is -0.210. The highest BCUT2D eigenvalue weighted by molar-refractivity contribution is 9.10. The van der Waals surface area contributed by atoms with E-state index in [1.54, 1.807) is 11.3 Å². The van der Waals surface area contributed by atoms with Crippen molar-refractivity contribution < 1.29 is 14.3 Å². The molecule has 0 N–H and O–H groups in total. The molecule has 1 saturated heterocycles. The van der Waals surface area contributed by atoms with Gasteiger partial charge in [0.2, 0.25) is 0 Å². The number of carbonyl (C=O) groups excluding carboxylic acids is 1. The van der Waals surface area contributed by atoms with Crippen molar-refractivity contribution in [2.24, 2.45) is 11.8 Å². The second kappa shape index (κ2) is 5.31. The quantitative estimate of drug-likeness (QED) is 0.794. The van der Waals surface area contributed by atoms with Crippen LogP contribution >= 0.6 is 27.3 Å². The third kappa shape index (κ3) is 2.24. The van der Waals surface area contributed by atoms with Gasteiger partial charge in [-0.2, -0.15) is 0 Å². The van der Waals surface area contributed by atoms with Crippen LogP contribution in [0.2, 0.25) is 0 Å². The first-order valence-corrected chi connectivity index (χ1v) is 7.58. The number of carbonyl (C=O) groups is 1. The number of ether oxygens (including phenoxy) is 2. The van der Waals surface area contributed by atoms with Crippen molar-refractivity contribution in [1.29, 1.82) is 0 Å². The Hall–Kier alpha value is -0.390. The number of hydrogen-bond donors (Lipinski definition) is 0. The van der Waals surface area contributed by atoms with Gasteiger partial charge in [-0.3, -0.25) is 4.79 Å². The molecule has 1 aliphatic rings. The van der Waals surface area contributed by atoms with Crippen LogP contribution in [-0.4, -0.2) is 26.3 Å². The van der Waals surface area contributed by atoms with Gasteiger partial charge in [0.15, 0.2) is 0 Å². The molecule has 2 rings (SSSR count).